The Morgan fingerprint density at radius 1 is 1.45 bits per heavy atom. The molecule has 1 heterocycles. The van der Waals surface area contributed by atoms with Gasteiger partial charge in [0.25, 0.3) is 5.91 Å². The van der Waals surface area contributed by atoms with Crippen LogP contribution in [0.25, 0.3) is 0 Å². The summed E-state index contributed by atoms with van der Waals surface area (Å²) in [4.78, 5) is 12.0. The van der Waals surface area contributed by atoms with Gasteiger partial charge in [0.05, 0.1) is 0 Å². The molecule has 1 fully saturated rings. The van der Waals surface area contributed by atoms with Gasteiger partial charge in [-0.25, -0.2) is 0 Å². The smallest absolute Gasteiger partial charge is 0.387 e. The van der Waals surface area contributed by atoms with Crippen LogP contribution in [0.5, 0.6) is 5.75 Å². The summed E-state index contributed by atoms with van der Waals surface area (Å²) in [6, 6.07) is 5.89. The lowest BCUT2D eigenvalue weighted by Gasteiger charge is -2.23. The second-order valence-electron chi connectivity index (χ2n) is 4.42. The number of piperidine rings is 1. The van der Waals surface area contributed by atoms with E-state index >= 15 is 0 Å². The second kappa shape index (κ2) is 8.01. The van der Waals surface area contributed by atoms with Crippen LogP contribution in [0.1, 0.15) is 23.2 Å². The van der Waals surface area contributed by atoms with Gasteiger partial charge in [0.2, 0.25) is 0 Å². The molecule has 1 aromatic carbocycles. The average Bonchev–Trinajstić information content (AvgIpc) is 2.39. The van der Waals surface area contributed by atoms with Crippen LogP contribution < -0.4 is 15.4 Å². The van der Waals surface area contributed by atoms with Crippen molar-refractivity contribution in [2.24, 2.45) is 0 Å². The zero-order valence-electron chi connectivity index (χ0n) is 10.8. The zero-order valence-corrected chi connectivity index (χ0v) is 11.6. The molecule has 7 heteroatoms. The molecule has 1 aliphatic heterocycles. The van der Waals surface area contributed by atoms with E-state index < -0.39 is 6.61 Å². The van der Waals surface area contributed by atoms with Crippen LogP contribution in [-0.4, -0.2) is 31.7 Å². The van der Waals surface area contributed by atoms with Crippen molar-refractivity contribution in [1.29, 1.82) is 0 Å². The van der Waals surface area contributed by atoms with Crippen molar-refractivity contribution >= 4 is 18.3 Å². The van der Waals surface area contributed by atoms with Gasteiger partial charge in [-0.05, 0) is 37.6 Å². The summed E-state index contributed by atoms with van der Waals surface area (Å²) in [6.07, 6.45) is 1.94. The second-order valence-corrected chi connectivity index (χ2v) is 4.42. The van der Waals surface area contributed by atoms with Crippen molar-refractivity contribution in [1.82, 2.24) is 10.6 Å². The summed E-state index contributed by atoms with van der Waals surface area (Å²) in [5.41, 5.74) is 0.323. The Labute approximate surface area is 122 Å². The van der Waals surface area contributed by atoms with Gasteiger partial charge >= 0.3 is 6.61 Å². The fourth-order valence-electron chi connectivity index (χ4n) is 2.06. The lowest BCUT2D eigenvalue weighted by molar-refractivity contribution is -0.0498. The number of hydrogen-bond donors (Lipinski definition) is 2. The van der Waals surface area contributed by atoms with Crippen molar-refractivity contribution < 1.29 is 18.3 Å². The number of rotatable bonds is 4. The molecule has 0 aliphatic carbocycles. The highest BCUT2D eigenvalue weighted by Gasteiger charge is 2.16. The number of amides is 1. The van der Waals surface area contributed by atoms with E-state index in [9.17, 15) is 13.6 Å². The SMILES string of the molecule is Cl.O=C(N[C@H]1CCCNC1)c1cccc(OC(F)F)c1. The van der Waals surface area contributed by atoms with Gasteiger partial charge in [-0.15, -0.1) is 12.4 Å². The van der Waals surface area contributed by atoms with Crippen molar-refractivity contribution in [3.8, 4) is 5.75 Å². The normalized spacial score (nSPS) is 18.2. The molecule has 112 valence electrons. The molecule has 2 rings (SSSR count). The predicted octanol–water partition coefficient (Wildman–Crippen LogP) is 2.19. The van der Waals surface area contributed by atoms with Gasteiger partial charge in [0, 0.05) is 18.2 Å². The first-order valence-corrected chi connectivity index (χ1v) is 6.21. The molecule has 0 radical (unpaired) electrons. The first kappa shape index (κ1) is 16.7. The number of hydrogen-bond acceptors (Lipinski definition) is 3. The van der Waals surface area contributed by atoms with Crippen LogP contribution in [-0.2, 0) is 0 Å². The number of benzene rings is 1. The van der Waals surface area contributed by atoms with Crippen LogP contribution in [0.3, 0.4) is 0 Å². The number of nitrogens with one attached hydrogen (secondary N) is 2. The summed E-state index contributed by atoms with van der Waals surface area (Å²) in [7, 11) is 0. The molecule has 1 aromatic rings. The third kappa shape index (κ3) is 4.94. The molecule has 2 N–H and O–H groups in total. The Hall–Kier alpha value is -1.40. The molecule has 20 heavy (non-hydrogen) atoms. The van der Waals surface area contributed by atoms with Gasteiger partial charge in [-0.2, -0.15) is 8.78 Å². The molecular weight excluding hydrogens is 290 g/mol. The third-order valence-corrected chi connectivity index (χ3v) is 2.95. The van der Waals surface area contributed by atoms with Crippen molar-refractivity contribution in [3.63, 3.8) is 0 Å². The van der Waals surface area contributed by atoms with Crippen molar-refractivity contribution in [2.45, 2.75) is 25.5 Å². The quantitative estimate of drug-likeness (QED) is 0.896. The monoisotopic (exact) mass is 306 g/mol. The van der Waals surface area contributed by atoms with Crippen LogP contribution in [0, 0.1) is 0 Å². The summed E-state index contributed by atoms with van der Waals surface area (Å²) in [5, 5.41) is 6.06. The highest BCUT2D eigenvalue weighted by Crippen LogP contribution is 2.16. The summed E-state index contributed by atoms with van der Waals surface area (Å²) < 4.78 is 28.5. The largest absolute Gasteiger partial charge is 0.435 e. The van der Waals surface area contributed by atoms with Gasteiger partial charge in [-0.3, -0.25) is 4.79 Å². The maximum absolute atomic E-state index is 12.1. The molecule has 1 amide bonds. The lowest BCUT2D eigenvalue weighted by Crippen LogP contribution is -2.45. The Kier molecular flexibility index (Phi) is 6.67. The van der Waals surface area contributed by atoms with Crippen LogP contribution in [0.2, 0.25) is 0 Å². The standard InChI is InChI=1S/C13H16F2N2O2.ClH/c14-13(15)19-11-5-1-3-9(7-11)12(18)17-10-4-2-6-16-8-10;/h1,3,5,7,10,13,16H,2,4,6,8H2,(H,17,18);1H/t10-;/m0./s1. The summed E-state index contributed by atoms with van der Waals surface area (Å²) >= 11 is 0. The van der Waals surface area contributed by atoms with E-state index in [1.165, 1.54) is 18.2 Å². The van der Waals surface area contributed by atoms with Gasteiger partial charge in [-0.1, -0.05) is 6.07 Å². The third-order valence-electron chi connectivity index (χ3n) is 2.95. The zero-order chi connectivity index (χ0) is 13.7. The first-order valence-electron chi connectivity index (χ1n) is 6.21. The van der Waals surface area contributed by atoms with Gasteiger partial charge < -0.3 is 15.4 Å². The lowest BCUT2D eigenvalue weighted by atomic mass is 10.1. The highest BCUT2D eigenvalue weighted by atomic mass is 35.5. The van der Waals surface area contributed by atoms with Crippen LogP contribution in [0.15, 0.2) is 24.3 Å². The maximum Gasteiger partial charge on any atom is 0.387 e. The number of halogens is 3. The van der Waals surface area contributed by atoms with Crippen molar-refractivity contribution in [3.05, 3.63) is 29.8 Å². The molecule has 1 saturated heterocycles. The summed E-state index contributed by atoms with van der Waals surface area (Å²) in [5.74, 6) is -0.280. The van der Waals surface area contributed by atoms with E-state index in [2.05, 4.69) is 15.4 Å². The van der Waals surface area contributed by atoms with E-state index in [4.69, 9.17) is 0 Å². The number of alkyl halides is 2. The fourth-order valence-corrected chi connectivity index (χ4v) is 2.06. The average molecular weight is 307 g/mol. The molecule has 0 unspecified atom stereocenters. The van der Waals surface area contributed by atoms with Gasteiger partial charge in [0.15, 0.2) is 0 Å². The summed E-state index contributed by atoms with van der Waals surface area (Å²) in [6.45, 7) is -1.19. The van der Waals surface area contributed by atoms with E-state index in [1.807, 2.05) is 0 Å². The number of ether oxygens (including phenoxy) is 1. The van der Waals surface area contributed by atoms with E-state index in [0.717, 1.165) is 25.9 Å². The molecule has 1 aliphatic rings. The van der Waals surface area contributed by atoms with Crippen LogP contribution in [0.4, 0.5) is 8.78 Å². The minimum absolute atomic E-state index is 0. The van der Waals surface area contributed by atoms with Gasteiger partial charge in [0.1, 0.15) is 5.75 Å². The Morgan fingerprint density at radius 2 is 2.25 bits per heavy atom. The molecule has 1 atom stereocenters. The molecule has 0 aromatic heterocycles. The number of carbonyl (C=O) groups is 1. The minimum Gasteiger partial charge on any atom is -0.435 e. The Morgan fingerprint density at radius 3 is 2.90 bits per heavy atom. The van der Waals surface area contributed by atoms with E-state index in [0.29, 0.717) is 5.56 Å². The Bertz CT molecular complexity index is 440. The fraction of sp³-hybridized carbons (Fsp3) is 0.462. The topological polar surface area (TPSA) is 50.4 Å². The number of carbonyl (C=O) groups excluding carboxylic acids is 1. The van der Waals surface area contributed by atoms with E-state index in [-0.39, 0.29) is 30.1 Å². The molecule has 0 saturated carbocycles. The minimum atomic E-state index is -2.89. The van der Waals surface area contributed by atoms with Crippen molar-refractivity contribution in [2.75, 3.05) is 13.1 Å². The predicted molar refractivity (Wildman–Crippen MR) is 73.7 cm³/mol. The maximum atomic E-state index is 12.1. The molecule has 0 spiro atoms. The Balaban J connectivity index is 0.00000200. The van der Waals surface area contributed by atoms with E-state index in [1.54, 1.807) is 6.07 Å². The molecular formula is C13H17ClF2N2O2. The highest BCUT2D eigenvalue weighted by molar-refractivity contribution is 5.94. The molecule has 0 bridgehead atoms. The van der Waals surface area contributed by atoms with Crippen LogP contribution >= 0.6 is 12.4 Å². The first-order chi connectivity index (χ1) is 9.15. The molecule has 4 nitrogen and oxygen atoms in total.